The van der Waals surface area contributed by atoms with Crippen LogP contribution in [0.3, 0.4) is 0 Å². The largest absolute Gasteiger partial charge is 0.480 e. The lowest BCUT2D eigenvalue weighted by atomic mass is 10.1. The van der Waals surface area contributed by atoms with Gasteiger partial charge in [0.15, 0.2) is 11.6 Å². The summed E-state index contributed by atoms with van der Waals surface area (Å²) < 4.78 is 6.76. The molecule has 25 heavy (non-hydrogen) atoms. The molecule has 2 N–H and O–H groups in total. The Balaban J connectivity index is 1.71. The van der Waals surface area contributed by atoms with Crippen molar-refractivity contribution in [1.82, 2.24) is 29.9 Å². The second kappa shape index (κ2) is 6.44. The van der Waals surface area contributed by atoms with Crippen LogP contribution in [-0.4, -0.2) is 54.2 Å². The summed E-state index contributed by atoms with van der Waals surface area (Å²) >= 11 is 0. The van der Waals surface area contributed by atoms with E-state index in [-0.39, 0.29) is 12.5 Å². The molecule has 1 aliphatic heterocycles. The summed E-state index contributed by atoms with van der Waals surface area (Å²) in [7, 11) is 0. The number of ether oxygens (including phenoxy) is 1. The van der Waals surface area contributed by atoms with Crippen LogP contribution in [0.2, 0.25) is 0 Å². The lowest BCUT2D eigenvalue weighted by Gasteiger charge is -2.00. The SMILES string of the molecule is O=C(O)Cn1nc(C2CCOC2)nc1-c1cc(-c2ccccn2)n[nH]1. The van der Waals surface area contributed by atoms with E-state index >= 15 is 0 Å². The van der Waals surface area contributed by atoms with Crippen LogP contribution in [0.4, 0.5) is 0 Å². The number of carboxylic acid groups (broad SMARTS) is 1. The van der Waals surface area contributed by atoms with Gasteiger partial charge in [0.2, 0.25) is 0 Å². The Bertz CT molecular complexity index is 882. The molecule has 1 aliphatic rings. The zero-order valence-corrected chi connectivity index (χ0v) is 13.3. The Morgan fingerprint density at radius 1 is 1.40 bits per heavy atom. The number of aromatic nitrogens is 6. The first-order valence-electron chi connectivity index (χ1n) is 7.92. The fourth-order valence-electron chi connectivity index (χ4n) is 2.79. The van der Waals surface area contributed by atoms with Gasteiger partial charge in [-0.3, -0.25) is 14.9 Å². The van der Waals surface area contributed by atoms with Crippen molar-refractivity contribution in [3.63, 3.8) is 0 Å². The molecule has 4 heterocycles. The van der Waals surface area contributed by atoms with Crippen LogP contribution in [0.1, 0.15) is 18.2 Å². The molecular weight excluding hydrogens is 324 g/mol. The summed E-state index contributed by atoms with van der Waals surface area (Å²) in [6.45, 7) is 0.952. The smallest absolute Gasteiger partial charge is 0.325 e. The molecule has 128 valence electrons. The molecule has 0 aliphatic carbocycles. The van der Waals surface area contributed by atoms with E-state index in [2.05, 4.69) is 25.3 Å². The lowest BCUT2D eigenvalue weighted by molar-refractivity contribution is -0.137. The number of pyridine rings is 1. The van der Waals surface area contributed by atoms with Gasteiger partial charge in [-0.15, -0.1) is 0 Å². The normalized spacial score (nSPS) is 17.0. The minimum atomic E-state index is -0.982. The first-order valence-corrected chi connectivity index (χ1v) is 7.92. The Morgan fingerprint density at radius 3 is 3.04 bits per heavy atom. The predicted octanol–water partition coefficient (Wildman–Crippen LogP) is 1.32. The van der Waals surface area contributed by atoms with E-state index in [4.69, 9.17) is 9.84 Å². The summed E-state index contributed by atoms with van der Waals surface area (Å²) in [5.41, 5.74) is 1.98. The van der Waals surface area contributed by atoms with E-state index in [0.29, 0.717) is 36.3 Å². The van der Waals surface area contributed by atoms with E-state index in [1.807, 2.05) is 18.2 Å². The van der Waals surface area contributed by atoms with Gasteiger partial charge in [0.1, 0.15) is 17.9 Å². The summed E-state index contributed by atoms with van der Waals surface area (Å²) in [6.07, 6.45) is 2.52. The van der Waals surface area contributed by atoms with E-state index in [9.17, 15) is 4.79 Å². The quantitative estimate of drug-likeness (QED) is 0.719. The second-order valence-electron chi connectivity index (χ2n) is 5.79. The van der Waals surface area contributed by atoms with Crippen LogP contribution in [-0.2, 0) is 16.1 Å². The van der Waals surface area contributed by atoms with Crippen molar-refractivity contribution in [1.29, 1.82) is 0 Å². The fraction of sp³-hybridized carbons (Fsp3) is 0.312. The van der Waals surface area contributed by atoms with Gasteiger partial charge in [-0.1, -0.05) is 6.07 Å². The van der Waals surface area contributed by atoms with E-state index < -0.39 is 5.97 Å². The average molecular weight is 340 g/mol. The van der Waals surface area contributed by atoms with Crippen molar-refractivity contribution >= 4 is 5.97 Å². The predicted molar refractivity (Wildman–Crippen MR) is 86.6 cm³/mol. The molecule has 4 rings (SSSR count). The molecule has 0 aromatic carbocycles. The number of rotatable bonds is 5. The molecule has 1 atom stereocenters. The van der Waals surface area contributed by atoms with Crippen LogP contribution in [0.15, 0.2) is 30.5 Å². The molecule has 0 radical (unpaired) electrons. The zero-order valence-electron chi connectivity index (χ0n) is 13.3. The summed E-state index contributed by atoms with van der Waals surface area (Å²) in [4.78, 5) is 20.0. The third-order valence-electron chi connectivity index (χ3n) is 4.01. The fourth-order valence-corrected chi connectivity index (χ4v) is 2.79. The number of carboxylic acids is 1. The molecule has 0 amide bonds. The molecule has 9 nitrogen and oxygen atoms in total. The topological polar surface area (TPSA) is 119 Å². The number of H-pyrrole nitrogens is 1. The standard InChI is InChI=1S/C16H16N6O3/c23-14(24)8-22-16(18-15(21-22)10-4-6-25-9-10)13-7-12(19-20-13)11-3-1-2-5-17-11/h1-3,5,7,10H,4,6,8-9H2,(H,19,20)(H,23,24). The van der Waals surface area contributed by atoms with Crippen molar-refractivity contribution < 1.29 is 14.6 Å². The summed E-state index contributed by atoms with van der Waals surface area (Å²) in [5, 5.41) is 20.7. The second-order valence-corrected chi connectivity index (χ2v) is 5.79. The minimum Gasteiger partial charge on any atom is -0.480 e. The van der Waals surface area contributed by atoms with Gasteiger partial charge in [0.05, 0.1) is 12.3 Å². The van der Waals surface area contributed by atoms with Gasteiger partial charge in [-0.2, -0.15) is 10.2 Å². The first-order chi connectivity index (χ1) is 12.2. The number of aliphatic carboxylic acids is 1. The number of nitrogens with one attached hydrogen (secondary N) is 1. The zero-order chi connectivity index (χ0) is 17.2. The highest BCUT2D eigenvalue weighted by atomic mass is 16.5. The molecule has 1 fully saturated rings. The van der Waals surface area contributed by atoms with E-state index in [0.717, 1.165) is 12.1 Å². The van der Waals surface area contributed by atoms with Gasteiger partial charge < -0.3 is 9.84 Å². The molecule has 0 bridgehead atoms. The Hall–Kier alpha value is -3.07. The van der Waals surface area contributed by atoms with Gasteiger partial charge in [-0.25, -0.2) is 9.67 Å². The van der Waals surface area contributed by atoms with E-state index in [1.54, 1.807) is 12.3 Å². The van der Waals surface area contributed by atoms with Crippen molar-refractivity contribution in [2.75, 3.05) is 13.2 Å². The molecule has 0 spiro atoms. The van der Waals surface area contributed by atoms with Crippen LogP contribution in [0, 0.1) is 0 Å². The van der Waals surface area contributed by atoms with Crippen LogP contribution >= 0.6 is 0 Å². The van der Waals surface area contributed by atoms with E-state index in [1.165, 1.54) is 4.68 Å². The van der Waals surface area contributed by atoms with Crippen molar-refractivity contribution in [2.45, 2.75) is 18.9 Å². The molecule has 9 heteroatoms. The van der Waals surface area contributed by atoms with Crippen molar-refractivity contribution in [3.05, 3.63) is 36.3 Å². The number of carbonyl (C=O) groups is 1. The van der Waals surface area contributed by atoms with Gasteiger partial charge in [0.25, 0.3) is 0 Å². The highest BCUT2D eigenvalue weighted by molar-refractivity contribution is 5.68. The number of aromatic amines is 1. The molecule has 3 aromatic rings. The molecule has 1 unspecified atom stereocenters. The van der Waals surface area contributed by atoms with Crippen molar-refractivity contribution in [3.8, 4) is 22.9 Å². The average Bonchev–Trinajstić information content (AvgIpc) is 3.35. The van der Waals surface area contributed by atoms with Crippen molar-refractivity contribution in [2.24, 2.45) is 0 Å². The number of hydrogen-bond acceptors (Lipinski definition) is 6. The van der Waals surface area contributed by atoms with Gasteiger partial charge >= 0.3 is 5.97 Å². The lowest BCUT2D eigenvalue weighted by Crippen LogP contribution is -2.12. The third kappa shape index (κ3) is 3.13. The maximum Gasteiger partial charge on any atom is 0.325 e. The Morgan fingerprint density at radius 2 is 2.32 bits per heavy atom. The highest BCUT2D eigenvalue weighted by Gasteiger charge is 2.25. The van der Waals surface area contributed by atoms with Crippen LogP contribution < -0.4 is 0 Å². The van der Waals surface area contributed by atoms with Crippen LogP contribution in [0.5, 0.6) is 0 Å². The molecule has 1 saturated heterocycles. The van der Waals surface area contributed by atoms with Crippen LogP contribution in [0.25, 0.3) is 22.9 Å². The molecule has 3 aromatic heterocycles. The highest BCUT2D eigenvalue weighted by Crippen LogP contribution is 2.26. The maximum absolute atomic E-state index is 11.2. The summed E-state index contributed by atoms with van der Waals surface area (Å²) in [6, 6.07) is 7.35. The first kappa shape index (κ1) is 15.5. The van der Waals surface area contributed by atoms with Gasteiger partial charge in [-0.05, 0) is 24.6 Å². The number of nitrogens with zero attached hydrogens (tertiary/aromatic N) is 5. The molecule has 0 saturated carbocycles. The minimum absolute atomic E-state index is 0.0898. The Kier molecular flexibility index (Phi) is 3.98. The Labute approximate surface area is 142 Å². The third-order valence-corrected chi connectivity index (χ3v) is 4.01. The maximum atomic E-state index is 11.2. The summed E-state index contributed by atoms with van der Waals surface area (Å²) in [5.74, 6) is 0.151. The van der Waals surface area contributed by atoms with Gasteiger partial charge in [0, 0.05) is 18.7 Å². The number of hydrogen-bond donors (Lipinski definition) is 2. The molecular formula is C16H16N6O3. The monoisotopic (exact) mass is 340 g/mol.